The minimum absolute atomic E-state index is 0.0974. The van der Waals surface area contributed by atoms with E-state index in [1.54, 1.807) is 6.92 Å². The Balaban J connectivity index is 3.03. The Kier molecular flexibility index (Phi) is 3.67. The summed E-state index contributed by atoms with van der Waals surface area (Å²) in [4.78, 5) is 11.1. The maximum atomic E-state index is 12.9. The molecule has 0 aromatic heterocycles. The molecule has 1 aromatic carbocycles. The van der Waals surface area contributed by atoms with E-state index in [4.69, 9.17) is 0 Å². The molecule has 88 valence electrons. The highest BCUT2D eigenvalue weighted by Gasteiger charge is 2.34. The number of halogens is 4. The van der Waals surface area contributed by atoms with E-state index in [1.165, 1.54) is 6.07 Å². The second-order valence-corrected chi connectivity index (χ2v) is 3.38. The van der Waals surface area contributed by atoms with E-state index in [1.807, 2.05) is 0 Å². The normalized spacial score (nSPS) is 11.6. The zero-order valence-corrected chi connectivity index (χ0v) is 8.57. The van der Waals surface area contributed by atoms with Gasteiger partial charge in [0.2, 0.25) is 0 Å². The Hall–Kier alpha value is -1.39. The van der Waals surface area contributed by atoms with Crippen molar-refractivity contribution in [3.05, 3.63) is 35.1 Å². The van der Waals surface area contributed by atoms with Crippen LogP contribution in [0.3, 0.4) is 0 Å². The molecule has 0 amide bonds. The summed E-state index contributed by atoms with van der Waals surface area (Å²) < 4.78 is 49.8. The number of rotatable bonds is 3. The average molecular weight is 234 g/mol. The van der Waals surface area contributed by atoms with Crippen molar-refractivity contribution in [1.29, 1.82) is 0 Å². The predicted octanol–water partition coefficient (Wildman–Crippen LogP) is 3.37. The molecule has 0 spiro atoms. The molecule has 0 N–H and O–H groups in total. The summed E-state index contributed by atoms with van der Waals surface area (Å²) in [6.07, 6.45) is -4.58. The summed E-state index contributed by atoms with van der Waals surface area (Å²) in [5.74, 6) is -1.50. The van der Waals surface area contributed by atoms with Gasteiger partial charge in [0.1, 0.15) is 11.6 Å². The van der Waals surface area contributed by atoms with Gasteiger partial charge in [0.05, 0.1) is 5.56 Å². The molecule has 0 radical (unpaired) electrons. The first-order chi connectivity index (χ1) is 7.34. The van der Waals surface area contributed by atoms with Crippen molar-refractivity contribution in [2.45, 2.75) is 25.9 Å². The van der Waals surface area contributed by atoms with Gasteiger partial charge < -0.3 is 0 Å². The van der Waals surface area contributed by atoms with Crippen LogP contribution in [0.4, 0.5) is 17.6 Å². The molecule has 16 heavy (non-hydrogen) atoms. The summed E-state index contributed by atoms with van der Waals surface area (Å²) in [5, 5.41) is 0. The molecular formula is C11H10F4O. The number of benzene rings is 1. The highest BCUT2D eigenvalue weighted by molar-refractivity contribution is 5.80. The molecule has 0 aliphatic carbocycles. The number of Topliss-reactive ketones (excluding diaryl/α,β-unsaturated/α-hetero) is 1. The molecule has 0 unspecified atom stereocenters. The number of carbonyl (C=O) groups excluding carboxylic acids is 1. The van der Waals surface area contributed by atoms with Gasteiger partial charge in [-0.1, -0.05) is 13.0 Å². The lowest BCUT2D eigenvalue weighted by Crippen LogP contribution is -2.10. The van der Waals surface area contributed by atoms with Crippen LogP contribution in [0.5, 0.6) is 0 Å². The van der Waals surface area contributed by atoms with Gasteiger partial charge in [0.15, 0.2) is 0 Å². The van der Waals surface area contributed by atoms with Gasteiger partial charge in [-0.05, 0) is 17.7 Å². The molecule has 0 saturated heterocycles. The minimum atomic E-state index is -4.73. The van der Waals surface area contributed by atoms with Crippen LogP contribution in [0.2, 0.25) is 0 Å². The fourth-order valence-electron chi connectivity index (χ4n) is 1.25. The van der Waals surface area contributed by atoms with Crippen molar-refractivity contribution < 1.29 is 22.4 Å². The molecule has 0 heterocycles. The maximum absolute atomic E-state index is 12.9. The van der Waals surface area contributed by atoms with Crippen molar-refractivity contribution in [2.24, 2.45) is 0 Å². The van der Waals surface area contributed by atoms with E-state index in [9.17, 15) is 22.4 Å². The molecule has 0 aliphatic rings. The third kappa shape index (κ3) is 3.05. The van der Waals surface area contributed by atoms with Crippen LogP contribution in [-0.2, 0) is 17.4 Å². The lowest BCUT2D eigenvalue weighted by molar-refractivity contribution is -0.140. The molecule has 1 nitrogen and oxygen atoms in total. The third-order valence-corrected chi connectivity index (χ3v) is 2.13. The molecule has 0 fully saturated rings. The highest BCUT2D eigenvalue weighted by Crippen LogP contribution is 2.31. The van der Waals surface area contributed by atoms with Crippen molar-refractivity contribution in [2.75, 3.05) is 0 Å². The largest absolute Gasteiger partial charge is 0.419 e. The lowest BCUT2D eigenvalue weighted by Gasteiger charge is -2.09. The molecule has 0 bridgehead atoms. The number of hydrogen-bond donors (Lipinski definition) is 0. The molecule has 1 rings (SSSR count). The van der Waals surface area contributed by atoms with Crippen molar-refractivity contribution in [3.8, 4) is 0 Å². The third-order valence-electron chi connectivity index (χ3n) is 2.13. The van der Waals surface area contributed by atoms with Gasteiger partial charge in [0, 0.05) is 12.8 Å². The fourth-order valence-corrected chi connectivity index (χ4v) is 1.25. The van der Waals surface area contributed by atoms with Gasteiger partial charge in [-0.15, -0.1) is 0 Å². The maximum Gasteiger partial charge on any atom is 0.419 e. The van der Waals surface area contributed by atoms with Gasteiger partial charge >= 0.3 is 6.18 Å². The van der Waals surface area contributed by atoms with Crippen LogP contribution < -0.4 is 0 Å². The van der Waals surface area contributed by atoms with Crippen molar-refractivity contribution in [1.82, 2.24) is 0 Å². The Morgan fingerprint density at radius 3 is 2.44 bits per heavy atom. The first-order valence-electron chi connectivity index (χ1n) is 4.72. The molecule has 5 heteroatoms. The molecular weight excluding hydrogens is 224 g/mol. The number of alkyl halides is 3. The van der Waals surface area contributed by atoms with Crippen LogP contribution in [-0.4, -0.2) is 5.78 Å². The van der Waals surface area contributed by atoms with Crippen LogP contribution in [0.15, 0.2) is 18.2 Å². The van der Waals surface area contributed by atoms with Gasteiger partial charge in [-0.2, -0.15) is 13.2 Å². The van der Waals surface area contributed by atoms with E-state index in [-0.39, 0.29) is 24.2 Å². The Morgan fingerprint density at radius 1 is 1.31 bits per heavy atom. The molecule has 0 atom stereocenters. The van der Waals surface area contributed by atoms with E-state index in [0.717, 1.165) is 6.07 Å². The summed E-state index contributed by atoms with van der Waals surface area (Å²) in [7, 11) is 0. The Bertz CT molecular complexity index is 395. The lowest BCUT2D eigenvalue weighted by atomic mass is 10.0. The zero-order valence-electron chi connectivity index (χ0n) is 8.57. The quantitative estimate of drug-likeness (QED) is 0.733. The number of ketones is 1. The van der Waals surface area contributed by atoms with E-state index in [0.29, 0.717) is 6.07 Å². The highest BCUT2D eigenvalue weighted by atomic mass is 19.4. The van der Waals surface area contributed by atoms with E-state index < -0.39 is 17.6 Å². The second-order valence-electron chi connectivity index (χ2n) is 3.38. The van der Waals surface area contributed by atoms with Crippen molar-refractivity contribution in [3.63, 3.8) is 0 Å². The molecule has 0 aliphatic heterocycles. The smallest absolute Gasteiger partial charge is 0.299 e. The fraction of sp³-hybridized carbons (Fsp3) is 0.364. The topological polar surface area (TPSA) is 17.1 Å². The molecule has 0 saturated carbocycles. The van der Waals surface area contributed by atoms with Crippen LogP contribution in [0, 0.1) is 5.82 Å². The zero-order chi connectivity index (χ0) is 12.3. The van der Waals surface area contributed by atoms with Crippen LogP contribution in [0.25, 0.3) is 0 Å². The summed E-state index contributed by atoms with van der Waals surface area (Å²) >= 11 is 0. The summed E-state index contributed by atoms with van der Waals surface area (Å²) in [5.41, 5.74) is -1.14. The average Bonchev–Trinajstić information content (AvgIpc) is 2.19. The number of carbonyl (C=O) groups is 1. The standard InChI is InChI=1S/C11H10F4O/c1-2-8(16)5-7-3-4-10(12)9(6-7)11(13,14)15/h3-4,6H,2,5H2,1H3. The Morgan fingerprint density at radius 2 is 1.94 bits per heavy atom. The first kappa shape index (κ1) is 12.7. The molecule has 1 aromatic rings. The summed E-state index contributed by atoms with van der Waals surface area (Å²) in [6, 6.07) is 2.61. The number of hydrogen-bond acceptors (Lipinski definition) is 1. The summed E-state index contributed by atoms with van der Waals surface area (Å²) in [6.45, 7) is 1.62. The monoisotopic (exact) mass is 234 g/mol. The Labute approximate surface area is 90.1 Å². The SMILES string of the molecule is CCC(=O)Cc1ccc(F)c(C(F)(F)F)c1. The van der Waals surface area contributed by atoms with Crippen molar-refractivity contribution >= 4 is 5.78 Å². The second kappa shape index (κ2) is 4.63. The van der Waals surface area contributed by atoms with Gasteiger partial charge in [0.25, 0.3) is 0 Å². The van der Waals surface area contributed by atoms with Crippen LogP contribution in [0.1, 0.15) is 24.5 Å². The van der Waals surface area contributed by atoms with Gasteiger partial charge in [-0.3, -0.25) is 4.79 Å². The van der Waals surface area contributed by atoms with E-state index >= 15 is 0 Å². The predicted molar refractivity (Wildman–Crippen MR) is 50.4 cm³/mol. The van der Waals surface area contributed by atoms with Gasteiger partial charge in [-0.25, -0.2) is 4.39 Å². The van der Waals surface area contributed by atoms with Crippen LogP contribution >= 0.6 is 0 Å². The first-order valence-corrected chi connectivity index (χ1v) is 4.72. The minimum Gasteiger partial charge on any atom is -0.299 e. The van der Waals surface area contributed by atoms with E-state index in [2.05, 4.69) is 0 Å².